The molecular formula is C44H81NO3Si2. The van der Waals surface area contributed by atoms with Crippen LogP contribution in [0.1, 0.15) is 155 Å². The second kappa shape index (κ2) is 17.5. The second-order valence-corrected chi connectivity index (χ2v) is 30.1. The summed E-state index contributed by atoms with van der Waals surface area (Å²) in [4.78, 5) is 14.2. The van der Waals surface area contributed by atoms with Crippen LogP contribution in [-0.4, -0.2) is 53.7 Å². The SMILES string of the molecule is C=C1/C(=C/C=C2CCC[C@]3(C)[C@@H]([C@H](C)CCC(=O)N(C)C)CC[C@@H]23)C[C@@H](O[Si](C(C)C)(C(C)C)C(C)C)C[C@@H]1O[Si](C(C)C)(C(C)C)C(C)C. The summed E-state index contributed by atoms with van der Waals surface area (Å²) in [6, 6.07) is 0. The van der Waals surface area contributed by atoms with Gasteiger partial charge in [0.2, 0.25) is 22.5 Å². The number of hydrogen-bond donors (Lipinski definition) is 0. The highest BCUT2D eigenvalue weighted by atomic mass is 28.4. The highest BCUT2D eigenvalue weighted by Crippen LogP contribution is 2.60. The van der Waals surface area contributed by atoms with Crippen molar-refractivity contribution in [1.82, 2.24) is 4.90 Å². The maximum atomic E-state index is 12.4. The van der Waals surface area contributed by atoms with Gasteiger partial charge in [0.05, 0.1) is 12.2 Å². The van der Waals surface area contributed by atoms with E-state index in [9.17, 15) is 4.79 Å². The minimum absolute atomic E-state index is 0.00802. The van der Waals surface area contributed by atoms with Crippen molar-refractivity contribution in [2.75, 3.05) is 14.1 Å². The number of nitrogens with zero attached hydrogens (tertiary/aromatic N) is 1. The standard InChI is InChI=1S/C44H81NO3Si2/c1-29(2)49(30(3)4,31(5)6)47-39-27-38(36(14)42(28-39)48-50(32(7)8,33(9)10)34(11)12)22-21-37-19-18-26-44(15)40(23-24-41(37)44)35(13)20-25-43(46)45(16)17/h21-22,29-35,39-42H,14,18-20,23-28H2,1-13,15-17H3/b37-21?,38-22+/t35-,39-,40-,41+,42+,44-/m1/s1. The molecule has 3 rings (SSSR count). The lowest BCUT2D eigenvalue weighted by Gasteiger charge is -2.49. The van der Waals surface area contributed by atoms with E-state index in [2.05, 4.69) is 109 Å². The topological polar surface area (TPSA) is 38.8 Å². The molecule has 0 radical (unpaired) electrons. The van der Waals surface area contributed by atoms with Crippen LogP contribution in [0.3, 0.4) is 0 Å². The van der Waals surface area contributed by atoms with Crippen LogP contribution in [0.5, 0.6) is 0 Å². The Morgan fingerprint density at radius 2 is 1.36 bits per heavy atom. The fourth-order valence-electron chi connectivity index (χ4n) is 12.0. The van der Waals surface area contributed by atoms with Crippen LogP contribution >= 0.6 is 0 Å². The van der Waals surface area contributed by atoms with E-state index in [4.69, 9.17) is 15.4 Å². The molecule has 3 aliphatic carbocycles. The van der Waals surface area contributed by atoms with Gasteiger partial charge in [0.1, 0.15) is 0 Å². The van der Waals surface area contributed by atoms with Gasteiger partial charge in [-0.15, -0.1) is 0 Å². The first-order valence-corrected chi connectivity index (χ1v) is 25.1. The summed E-state index contributed by atoms with van der Waals surface area (Å²) in [5.41, 5.74) is 7.76. The van der Waals surface area contributed by atoms with Gasteiger partial charge in [-0.3, -0.25) is 4.79 Å². The van der Waals surface area contributed by atoms with E-state index < -0.39 is 16.6 Å². The molecule has 3 aliphatic rings. The summed E-state index contributed by atoms with van der Waals surface area (Å²) in [6.07, 6.45) is 15.0. The molecule has 6 heteroatoms. The average Bonchev–Trinajstić information content (AvgIpc) is 3.37. The molecule has 0 spiro atoms. The van der Waals surface area contributed by atoms with Crippen LogP contribution in [0, 0.1) is 23.2 Å². The van der Waals surface area contributed by atoms with E-state index in [1.807, 2.05) is 14.1 Å². The van der Waals surface area contributed by atoms with E-state index in [0.29, 0.717) is 62.8 Å². The van der Waals surface area contributed by atoms with Crippen molar-refractivity contribution in [2.24, 2.45) is 23.2 Å². The van der Waals surface area contributed by atoms with Crippen molar-refractivity contribution in [2.45, 2.75) is 200 Å². The maximum absolute atomic E-state index is 12.4. The van der Waals surface area contributed by atoms with Gasteiger partial charge < -0.3 is 13.8 Å². The van der Waals surface area contributed by atoms with Crippen LogP contribution < -0.4 is 0 Å². The van der Waals surface area contributed by atoms with Gasteiger partial charge in [0.25, 0.3) is 0 Å². The lowest BCUT2D eigenvalue weighted by Crippen LogP contribution is -2.54. The molecule has 0 unspecified atom stereocenters. The Morgan fingerprint density at radius 1 is 0.840 bits per heavy atom. The Morgan fingerprint density at radius 3 is 1.86 bits per heavy atom. The fourth-order valence-corrected chi connectivity index (χ4v) is 23.1. The van der Waals surface area contributed by atoms with Crippen molar-refractivity contribution in [1.29, 1.82) is 0 Å². The number of carbonyl (C=O) groups is 1. The van der Waals surface area contributed by atoms with Gasteiger partial charge >= 0.3 is 0 Å². The third kappa shape index (κ3) is 8.70. The second-order valence-electron chi connectivity index (χ2n) is 19.3. The Balaban J connectivity index is 2.01. The van der Waals surface area contributed by atoms with Crippen LogP contribution in [0.4, 0.5) is 0 Å². The molecule has 0 heterocycles. The molecule has 3 saturated carbocycles. The number of rotatable bonds is 15. The maximum Gasteiger partial charge on any atom is 0.222 e. The quantitative estimate of drug-likeness (QED) is 0.158. The summed E-state index contributed by atoms with van der Waals surface area (Å²) in [6.45, 7) is 38.7. The summed E-state index contributed by atoms with van der Waals surface area (Å²) in [5, 5.41) is 0. The van der Waals surface area contributed by atoms with Crippen LogP contribution in [-0.2, 0) is 13.6 Å². The van der Waals surface area contributed by atoms with Crippen molar-refractivity contribution < 1.29 is 13.6 Å². The average molecular weight is 728 g/mol. The minimum atomic E-state index is -2.13. The molecular weight excluding hydrogens is 647 g/mol. The third-order valence-corrected chi connectivity index (χ3v) is 26.7. The lowest BCUT2D eigenvalue weighted by atomic mass is 9.60. The molecule has 6 atom stereocenters. The van der Waals surface area contributed by atoms with Crippen LogP contribution in [0.2, 0.25) is 33.2 Å². The van der Waals surface area contributed by atoms with Crippen LogP contribution in [0.25, 0.3) is 0 Å². The molecule has 1 amide bonds. The molecule has 0 aromatic rings. The Hall–Kier alpha value is -0.956. The molecule has 0 saturated heterocycles. The van der Waals surface area contributed by atoms with Gasteiger partial charge in [-0.2, -0.15) is 0 Å². The minimum Gasteiger partial charge on any atom is -0.413 e. The fraction of sp³-hybridized carbons (Fsp3) is 0.841. The van der Waals surface area contributed by atoms with Gasteiger partial charge in [-0.05, 0) is 113 Å². The van der Waals surface area contributed by atoms with E-state index >= 15 is 0 Å². The van der Waals surface area contributed by atoms with E-state index in [0.717, 1.165) is 19.3 Å². The molecule has 3 fully saturated rings. The van der Waals surface area contributed by atoms with Gasteiger partial charge in [-0.25, -0.2) is 0 Å². The summed E-state index contributed by atoms with van der Waals surface area (Å²) < 4.78 is 15.2. The first-order chi connectivity index (χ1) is 23.2. The third-order valence-electron chi connectivity index (χ3n) is 14.4. The molecule has 0 aliphatic heterocycles. The number of fused-ring (bicyclic) bond motifs is 1. The lowest BCUT2D eigenvalue weighted by molar-refractivity contribution is -0.129. The zero-order chi connectivity index (χ0) is 37.9. The number of allylic oxidation sites excluding steroid dienone is 3. The highest BCUT2D eigenvalue weighted by Gasteiger charge is 2.52. The van der Waals surface area contributed by atoms with Crippen molar-refractivity contribution >= 4 is 22.5 Å². The molecule has 4 nitrogen and oxygen atoms in total. The molecule has 0 bridgehead atoms. The predicted molar refractivity (Wildman–Crippen MR) is 222 cm³/mol. The van der Waals surface area contributed by atoms with E-state index in [-0.39, 0.29) is 18.1 Å². The van der Waals surface area contributed by atoms with E-state index in [1.54, 1.807) is 10.5 Å². The Labute approximate surface area is 313 Å². The van der Waals surface area contributed by atoms with Crippen molar-refractivity contribution in [3.8, 4) is 0 Å². The normalized spacial score (nSPS) is 29.0. The molecule has 0 N–H and O–H groups in total. The first-order valence-electron chi connectivity index (χ1n) is 20.8. The monoisotopic (exact) mass is 728 g/mol. The van der Waals surface area contributed by atoms with Crippen molar-refractivity contribution in [3.63, 3.8) is 0 Å². The van der Waals surface area contributed by atoms with Gasteiger partial charge in [0, 0.05) is 26.9 Å². The number of carbonyl (C=O) groups excluding carboxylic acids is 1. The molecule has 50 heavy (non-hydrogen) atoms. The number of hydrogen-bond acceptors (Lipinski definition) is 3. The summed E-state index contributed by atoms with van der Waals surface area (Å²) >= 11 is 0. The zero-order valence-electron chi connectivity index (χ0n) is 35.7. The zero-order valence-corrected chi connectivity index (χ0v) is 37.7. The van der Waals surface area contributed by atoms with Gasteiger partial charge in [-0.1, -0.05) is 121 Å². The van der Waals surface area contributed by atoms with Crippen LogP contribution in [0.15, 0.2) is 35.5 Å². The summed E-state index contributed by atoms with van der Waals surface area (Å²) in [7, 11) is -0.456. The predicted octanol–water partition coefficient (Wildman–Crippen LogP) is 13.0. The first kappa shape index (κ1) is 43.4. The molecule has 0 aromatic carbocycles. The highest BCUT2D eigenvalue weighted by molar-refractivity contribution is 6.78. The van der Waals surface area contributed by atoms with E-state index in [1.165, 1.54) is 43.3 Å². The number of amides is 1. The summed E-state index contributed by atoms with van der Waals surface area (Å²) in [5.74, 6) is 2.14. The molecule has 288 valence electrons. The van der Waals surface area contributed by atoms with Crippen molar-refractivity contribution in [3.05, 3.63) is 35.5 Å². The Bertz CT molecular complexity index is 1170. The van der Waals surface area contributed by atoms with Gasteiger partial charge in [0.15, 0.2) is 0 Å². The molecule has 0 aromatic heterocycles. The Kier molecular flexibility index (Phi) is 15.2. The largest absolute Gasteiger partial charge is 0.413 e. The smallest absolute Gasteiger partial charge is 0.222 e.